The van der Waals surface area contributed by atoms with E-state index in [0.29, 0.717) is 24.6 Å². The number of piperidine rings is 1. The number of likely N-dealkylation sites (tertiary alicyclic amines) is 1. The smallest absolute Gasteiger partial charge is 0.219 e. The normalized spacial score (nSPS) is 18.8. The average Bonchev–Trinajstić information content (AvgIpc) is 2.89. The fraction of sp³-hybridized carbons (Fsp3) is 0.407. The van der Waals surface area contributed by atoms with Crippen molar-refractivity contribution >= 4 is 23.1 Å². The maximum Gasteiger partial charge on any atom is 0.219 e. The van der Waals surface area contributed by atoms with E-state index in [4.69, 9.17) is 9.97 Å². The van der Waals surface area contributed by atoms with Gasteiger partial charge < -0.3 is 20.0 Å². The second kappa shape index (κ2) is 10.6. The van der Waals surface area contributed by atoms with Crippen molar-refractivity contribution in [3.8, 4) is 11.3 Å². The Morgan fingerprint density at radius 2 is 1.89 bits per heavy atom. The number of rotatable bonds is 5. The van der Waals surface area contributed by atoms with Gasteiger partial charge in [0, 0.05) is 69.1 Å². The van der Waals surface area contributed by atoms with Crippen molar-refractivity contribution in [3.05, 3.63) is 60.4 Å². The van der Waals surface area contributed by atoms with E-state index < -0.39 is 0 Å². The molecule has 2 saturated heterocycles. The lowest BCUT2D eigenvalue weighted by atomic mass is 9.97. The molecular weight excluding hydrogens is 457 g/mol. The van der Waals surface area contributed by atoms with Gasteiger partial charge in [-0.2, -0.15) is 0 Å². The van der Waals surface area contributed by atoms with Crippen LogP contribution in [0, 0.1) is 5.82 Å². The van der Waals surface area contributed by atoms with Crippen LogP contribution in [-0.2, 0) is 4.79 Å². The average molecular weight is 490 g/mol. The zero-order valence-electron chi connectivity index (χ0n) is 20.8. The van der Waals surface area contributed by atoms with Crippen LogP contribution in [0.4, 0.5) is 21.6 Å². The van der Waals surface area contributed by atoms with E-state index in [-0.39, 0.29) is 17.6 Å². The number of aromatic nitrogens is 3. The maximum atomic E-state index is 13.8. The first-order valence-corrected chi connectivity index (χ1v) is 12.5. The largest absolute Gasteiger partial charge is 0.367 e. The highest BCUT2D eigenvalue weighted by Crippen LogP contribution is 2.30. The van der Waals surface area contributed by atoms with Crippen LogP contribution in [0.1, 0.15) is 31.5 Å². The van der Waals surface area contributed by atoms with Gasteiger partial charge in [0.25, 0.3) is 0 Å². The summed E-state index contributed by atoms with van der Waals surface area (Å²) in [5.41, 5.74) is 3.33. The zero-order valence-corrected chi connectivity index (χ0v) is 20.8. The molecule has 0 saturated carbocycles. The molecule has 2 aliphatic heterocycles. The third-order valence-corrected chi connectivity index (χ3v) is 6.94. The van der Waals surface area contributed by atoms with Crippen LogP contribution < -0.4 is 10.2 Å². The van der Waals surface area contributed by atoms with Gasteiger partial charge in [0.15, 0.2) is 0 Å². The predicted molar refractivity (Wildman–Crippen MR) is 139 cm³/mol. The first-order chi connectivity index (χ1) is 17.4. The fourth-order valence-electron chi connectivity index (χ4n) is 4.97. The number of halogens is 1. The molecule has 9 heteroatoms. The maximum absolute atomic E-state index is 13.8. The van der Waals surface area contributed by atoms with E-state index in [2.05, 4.69) is 33.2 Å². The van der Waals surface area contributed by atoms with E-state index in [1.54, 1.807) is 13.0 Å². The van der Waals surface area contributed by atoms with E-state index in [0.717, 1.165) is 61.8 Å². The van der Waals surface area contributed by atoms with E-state index in [1.165, 1.54) is 12.1 Å². The predicted octanol–water partition coefficient (Wildman–Crippen LogP) is 3.90. The van der Waals surface area contributed by atoms with Gasteiger partial charge in [0.05, 0.1) is 17.6 Å². The van der Waals surface area contributed by atoms with Crippen molar-refractivity contribution in [2.45, 2.75) is 25.7 Å². The lowest BCUT2D eigenvalue weighted by molar-refractivity contribution is -0.129. The lowest BCUT2D eigenvalue weighted by Gasteiger charge is -2.35. The van der Waals surface area contributed by atoms with Gasteiger partial charge in [-0.25, -0.2) is 14.4 Å². The Labute approximate surface area is 211 Å². The summed E-state index contributed by atoms with van der Waals surface area (Å²) in [6, 6.07) is 10.4. The van der Waals surface area contributed by atoms with Gasteiger partial charge in [-0.05, 0) is 50.7 Å². The Morgan fingerprint density at radius 1 is 1.06 bits per heavy atom. The number of nitrogens with zero attached hydrogens (tertiary/aromatic N) is 6. The molecule has 4 heterocycles. The van der Waals surface area contributed by atoms with Crippen LogP contribution in [0.25, 0.3) is 11.3 Å². The minimum absolute atomic E-state index is 0.113. The summed E-state index contributed by atoms with van der Waals surface area (Å²) in [5, 5.41) is 3.27. The molecule has 0 spiro atoms. The number of hydrogen-bond donors (Lipinski definition) is 1. The first kappa shape index (κ1) is 24.1. The molecule has 2 aromatic heterocycles. The number of pyridine rings is 1. The zero-order chi connectivity index (χ0) is 25.1. The number of piperazine rings is 1. The second-order valence-electron chi connectivity index (χ2n) is 9.66. The van der Waals surface area contributed by atoms with Crippen LogP contribution >= 0.6 is 0 Å². The Hall–Kier alpha value is -3.59. The molecule has 1 atom stereocenters. The quantitative estimate of drug-likeness (QED) is 0.582. The third kappa shape index (κ3) is 5.62. The van der Waals surface area contributed by atoms with Gasteiger partial charge in [-0.1, -0.05) is 6.07 Å². The van der Waals surface area contributed by atoms with E-state index in [1.807, 2.05) is 29.4 Å². The Morgan fingerprint density at radius 3 is 2.64 bits per heavy atom. The second-order valence-corrected chi connectivity index (χ2v) is 9.66. The molecule has 0 aliphatic carbocycles. The fourth-order valence-corrected chi connectivity index (χ4v) is 4.97. The molecule has 8 nitrogen and oxygen atoms in total. The summed E-state index contributed by atoms with van der Waals surface area (Å²) in [6.07, 6.45) is 5.81. The monoisotopic (exact) mass is 489 g/mol. The summed E-state index contributed by atoms with van der Waals surface area (Å²) in [6.45, 7) is 6.53. The summed E-state index contributed by atoms with van der Waals surface area (Å²) in [4.78, 5) is 32.5. The van der Waals surface area contributed by atoms with Crippen LogP contribution in [0.5, 0.6) is 0 Å². The van der Waals surface area contributed by atoms with Gasteiger partial charge >= 0.3 is 0 Å². The standard InChI is InChI=1S/C27H32FN7O/c1-19(36)34-9-11-35(12-10-34)24-13-21(16-29-17-24)25-15-26(30-23-7-3-6-22(28)14-23)32-27(31-25)20-5-4-8-33(2)18-20/h3,6-7,13-17,20H,4-5,8-12,18H2,1-2H3,(H,30,31,32). The number of nitrogens with one attached hydrogen (secondary N) is 1. The molecule has 0 radical (unpaired) electrons. The van der Waals surface area contributed by atoms with Gasteiger partial charge in [0.2, 0.25) is 5.91 Å². The molecule has 1 amide bonds. The van der Waals surface area contributed by atoms with E-state index >= 15 is 0 Å². The molecule has 3 aromatic rings. The molecule has 0 bridgehead atoms. The Bertz CT molecular complexity index is 1230. The van der Waals surface area contributed by atoms with Crippen molar-refractivity contribution < 1.29 is 9.18 Å². The summed E-state index contributed by atoms with van der Waals surface area (Å²) < 4.78 is 13.8. The molecule has 5 rings (SSSR count). The summed E-state index contributed by atoms with van der Waals surface area (Å²) in [7, 11) is 2.13. The summed E-state index contributed by atoms with van der Waals surface area (Å²) in [5.74, 6) is 1.46. The van der Waals surface area contributed by atoms with Crippen LogP contribution in [0.2, 0.25) is 0 Å². The molecule has 188 valence electrons. The van der Waals surface area contributed by atoms with Gasteiger partial charge in [-0.3, -0.25) is 9.78 Å². The molecule has 1 N–H and O–H groups in total. The van der Waals surface area contributed by atoms with Crippen molar-refractivity contribution in [2.75, 3.05) is 56.5 Å². The molecule has 2 fully saturated rings. The highest BCUT2D eigenvalue weighted by atomic mass is 19.1. The number of benzene rings is 1. The number of amides is 1. The molecule has 1 aromatic carbocycles. The van der Waals surface area contributed by atoms with Gasteiger partial charge in [-0.15, -0.1) is 0 Å². The number of carbonyl (C=O) groups is 1. The van der Waals surface area contributed by atoms with E-state index in [9.17, 15) is 9.18 Å². The lowest BCUT2D eigenvalue weighted by Crippen LogP contribution is -2.48. The number of carbonyl (C=O) groups excluding carboxylic acids is 1. The van der Waals surface area contributed by atoms with Crippen LogP contribution in [0.3, 0.4) is 0 Å². The Balaban J connectivity index is 1.46. The molecular formula is C27H32FN7O. The minimum atomic E-state index is -0.301. The van der Waals surface area contributed by atoms with Crippen molar-refractivity contribution in [2.24, 2.45) is 0 Å². The topological polar surface area (TPSA) is 77.5 Å². The molecule has 2 aliphatic rings. The van der Waals surface area contributed by atoms with Crippen molar-refractivity contribution in [1.29, 1.82) is 0 Å². The highest BCUT2D eigenvalue weighted by molar-refractivity contribution is 5.74. The Kier molecular flexibility index (Phi) is 7.09. The molecule has 1 unspecified atom stereocenters. The van der Waals surface area contributed by atoms with Gasteiger partial charge in [0.1, 0.15) is 17.5 Å². The SMILES string of the molecule is CC(=O)N1CCN(c2cncc(-c3cc(Nc4cccc(F)c4)nc(C4CCCN(C)C4)n3)c2)CC1. The van der Waals surface area contributed by atoms with Crippen molar-refractivity contribution in [1.82, 2.24) is 24.8 Å². The number of hydrogen-bond acceptors (Lipinski definition) is 7. The third-order valence-electron chi connectivity index (χ3n) is 6.94. The van der Waals surface area contributed by atoms with Crippen LogP contribution in [0.15, 0.2) is 48.8 Å². The number of likely N-dealkylation sites (N-methyl/N-ethyl adjacent to an activating group) is 1. The first-order valence-electron chi connectivity index (χ1n) is 12.5. The van der Waals surface area contributed by atoms with Crippen LogP contribution in [-0.4, -0.2) is 77.0 Å². The highest BCUT2D eigenvalue weighted by Gasteiger charge is 2.23. The number of anilines is 3. The minimum Gasteiger partial charge on any atom is -0.367 e. The van der Waals surface area contributed by atoms with Crippen molar-refractivity contribution in [3.63, 3.8) is 0 Å². The molecule has 36 heavy (non-hydrogen) atoms. The summed E-state index contributed by atoms with van der Waals surface area (Å²) >= 11 is 0.